The Hall–Kier alpha value is -2.82. The SMILES string of the molecule is CCCCC(C(C)=O)C(=O)c1ccc(-c2ccc([N+](=O)[O-])cc2)cc1. The number of carbonyl (C=O) groups excluding carboxylic acids is 2. The Morgan fingerprint density at radius 2 is 1.52 bits per heavy atom. The number of ketones is 2. The topological polar surface area (TPSA) is 77.3 Å². The summed E-state index contributed by atoms with van der Waals surface area (Å²) in [6.45, 7) is 3.49. The number of nitro benzene ring substituents is 1. The van der Waals surface area contributed by atoms with Crippen molar-refractivity contribution in [3.05, 3.63) is 64.2 Å². The predicted octanol–water partition coefficient (Wildman–Crippen LogP) is 4.84. The zero-order chi connectivity index (χ0) is 18.4. The van der Waals surface area contributed by atoms with Gasteiger partial charge in [-0.05, 0) is 36.6 Å². The van der Waals surface area contributed by atoms with Gasteiger partial charge >= 0.3 is 0 Å². The van der Waals surface area contributed by atoms with Gasteiger partial charge in [0, 0.05) is 17.7 Å². The second kappa shape index (κ2) is 8.33. The molecule has 0 saturated carbocycles. The van der Waals surface area contributed by atoms with E-state index in [1.807, 2.05) is 6.92 Å². The number of hydrogen-bond acceptors (Lipinski definition) is 4. The van der Waals surface area contributed by atoms with Gasteiger partial charge in [0.1, 0.15) is 5.78 Å². The highest BCUT2D eigenvalue weighted by atomic mass is 16.6. The number of hydrogen-bond donors (Lipinski definition) is 0. The first-order chi connectivity index (χ1) is 11.9. The maximum atomic E-state index is 12.6. The van der Waals surface area contributed by atoms with E-state index in [0.29, 0.717) is 12.0 Å². The molecular weight excluding hydrogens is 318 g/mol. The van der Waals surface area contributed by atoms with Crippen molar-refractivity contribution in [3.63, 3.8) is 0 Å². The van der Waals surface area contributed by atoms with Gasteiger partial charge in [0.15, 0.2) is 5.78 Å². The van der Waals surface area contributed by atoms with Crippen molar-refractivity contribution in [2.45, 2.75) is 33.1 Å². The third-order valence-electron chi connectivity index (χ3n) is 4.23. The van der Waals surface area contributed by atoms with Gasteiger partial charge in [-0.25, -0.2) is 0 Å². The van der Waals surface area contributed by atoms with E-state index in [2.05, 4.69) is 0 Å². The van der Waals surface area contributed by atoms with Crippen LogP contribution in [0.3, 0.4) is 0 Å². The van der Waals surface area contributed by atoms with Crippen LogP contribution in [0.1, 0.15) is 43.5 Å². The van der Waals surface area contributed by atoms with E-state index in [1.54, 1.807) is 36.4 Å². The van der Waals surface area contributed by atoms with E-state index in [0.717, 1.165) is 24.0 Å². The van der Waals surface area contributed by atoms with Gasteiger partial charge in [0.2, 0.25) is 0 Å². The van der Waals surface area contributed by atoms with Crippen LogP contribution in [0.5, 0.6) is 0 Å². The third-order valence-corrected chi connectivity index (χ3v) is 4.23. The van der Waals surface area contributed by atoms with E-state index < -0.39 is 10.8 Å². The second-order valence-corrected chi connectivity index (χ2v) is 6.05. The molecule has 0 aliphatic carbocycles. The first kappa shape index (κ1) is 18.5. The monoisotopic (exact) mass is 339 g/mol. The summed E-state index contributed by atoms with van der Waals surface area (Å²) in [5.74, 6) is -0.820. The molecule has 2 rings (SSSR count). The van der Waals surface area contributed by atoms with E-state index in [-0.39, 0.29) is 17.3 Å². The van der Waals surface area contributed by atoms with Crippen LogP contribution in [0.15, 0.2) is 48.5 Å². The van der Waals surface area contributed by atoms with Crippen LogP contribution in [0.25, 0.3) is 11.1 Å². The average molecular weight is 339 g/mol. The van der Waals surface area contributed by atoms with Crippen molar-refractivity contribution < 1.29 is 14.5 Å². The Morgan fingerprint density at radius 1 is 1.00 bits per heavy atom. The fourth-order valence-electron chi connectivity index (χ4n) is 2.73. The van der Waals surface area contributed by atoms with Crippen molar-refractivity contribution in [3.8, 4) is 11.1 Å². The lowest BCUT2D eigenvalue weighted by Crippen LogP contribution is -2.22. The minimum absolute atomic E-state index is 0.0378. The molecular formula is C20H21NO4. The fraction of sp³-hybridized carbons (Fsp3) is 0.300. The van der Waals surface area contributed by atoms with Crippen LogP contribution in [0, 0.1) is 16.0 Å². The largest absolute Gasteiger partial charge is 0.299 e. The molecule has 5 nitrogen and oxygen atoms in total. The van der Waals surface area contributed by atoms with Gasteiger partial charge < -0.3 is 0 Å². The molecule has 0 aromatic heterocycles. The molecule has 0 aliphatic rings. The maximum absolute atomic E-state index is 12.6. The zero-order valence-electron chi connectivity index (χ0n) is 14.4. The predicted molar refractivity (Wildman–Crippen MR) is 96.6 cm³/mol. The van der Waals surface area contributed by atoms with Crippen LogP contribution in [0.4, 0.5) is 5.69 Å². The lowest BCUT2D eigenvalue weighted by atomic mass is 9.89. The Morgan fingerprint density at radius 3 is 1.96 bits per heavy atom. The molecule has 0 fully saturated rings. The maximum Gasteiger partial charge on any atom is 0.269 e. The van der Waals surface area contributed by atoms with Crippen molar-refractivity contribution in [2.75, 3.05) is 0 Å². The molecule has 0 aliphatic heterocycles. The summed E-state index contributed by atoms with van der Waals surface area (Å²) in [4.78, 5) is 34.6. The summed E-state index contributed by atoms with van der Waals surface area (Å²) in [6.07, 6.45) is 2.36. The van der Waals surface area contributed by atoms with E-state index in [1.165, 1.54) is 19.1 Å². The van der Waals surface area contributed by atoms with Gasteiger partial charge in [-0.3, -0.25) is 19.7 Å². The highest BCUT2D eigenvalue weighted by molar-refractivity contribution is 6.10. The number of rotatable bonds is 8. The summed E-state index contributed by atoms with van der Waals surface area (Å²) < 4.78 is 0. The van der Waals surface area contributed by atoms with Crippen molar-refractivity contribution >= 4 is 17.3 Å². The number of carbonyl (C=O) groups is 2. The molecule has 0 amide bonds. The molecule has 0 N–H and O–H groups in total. The lowest BCUT2D eigenvalue weighted by molar-refractivity contribution is -0.384. The molecule has 0 heterocycles. The molecule has 1 atom stereocenters. The Balaban J connectivity index is 2.19. The Kier molecular flexibility index (Phi) is 6.17. The van der Waals surface area contributed by atoms with Crippen molar-refractivity contribution in [1.82, 2.24) is 0 Å². The number of nitrogens with zero attached hydrogens (tertiary/aromatic N) is 1. The van der Waals surface area contributed by atoms with Crippen LogP contribution in [-0.2, 0) is 4.79 Å². The summed E-state index contributed by atoms with van der Waals surface area (Å²) in [6, 6.07) is 13.3. The van der Waals surface area contributed by atoms with E-state index >= 15 is 0 Å². The average Bonchev–Trinajstić information content (AvgIpc) is 2.62. The summed E-state index contributed by atoms with van der Waals surface area (Å²) in [5.41, 5.74) is 2.25. The molecule has 0 spiro atoms. The molecule has 0 saturated heterocycles. The second-order valence-electron chi connectivity index (χ2n) is 6.05. The number of nitro groups is 1. The van der Waals surface area contributed by atoms with Gasteiger partial charge in [0.25, 0.3) is 5.69 Å². The first-order valence-electron chi connectivity index (χ1n) is 8.33. The van der Waals surface area contributed by atoms with E-state index in [4.69, 9.17) is 0 Å². The van der Waals surface area contributed by atoms with Gasteiger partial charge in [-0.1, -0.05) is 44.0 Å². The van der Waals surface area contributed by atoms with Crippen LogP contribution >= 0.6 is 0 Å². The number of Topliss-reactive ketones (excluding diaryl/α,β-unsaturated/α-hetero) is 2. The third kappa shape index (κ3) is 4.59. The van der Waals surface area contributed by atoms with E-state index in [9.17, 15) is 19.7 Å². The molecule has 1 unspecified atom stereocenters. The molecule has 25 heavy (non-hydrogen) atoms. The van der Waals surface area contributed by atoms with Crippen molar-refractivity contribution in [2.24, 2.45) is 5.92 Å². The van der Waals surface area contributed by atoms with Crippen LogP contribution in [0.2, 0.25) is 0 Å². The molecule has 2 aromatic carbocycles. The summed E-state index contributed by atoms with van der Waals surface area (Å²) in [7, 11) is 0. The van der Waals surface area contributed by atoms with Crippen LogP contribution < -0.4 is 0 Å². The highest BCUT2D eigenvalue weighted by Crippen LogP contribution is 2.24. The molecule has 0 radical (unpaired) electrons. The molecule has 2 aromatic rings. The molecule has 5 heteroatoms. The number of non-ortho nitro benzene ring substituents is 1. The normalized spacial score (nSPS) is 11.8. The molecule has 130 valence electrons. The van der Waals surface area contributed by atoms with Gasteiger partial charge in [-0.15, -0.1) is 0 Å². The Labute approximate surface area is 146 Å². The highest BCUT2D eigenvalue weighted by Gasteiger charge is 2.23. The van der Waals surface area contributed by atoms with Crippen LogP contribution in [-0.4, -0.2) is 16.5 Å². The summed E-state index contributed by atoms with van der Waals surface area (Å²) >= 11 is 0. The quantitative estimate of drug-likeness (QED) is 0.298. The standard InChI is InChI=1S/C20H21NO4/c1-3-4-5-19(14(2)22)20(23)17-8-6-15(7-9-17)16-10-12-18(13-11-16)21(24)25/h6-13,19H,3-5H2,1-2H3. The summed E-state index contributed by atoms with van der Waals surface area (Å²) in [5, 5.41) is 10.7. The van der Waals surface area contributed by atoms with Gasteiger partial charge in [0.05, 0.1) is 10.8 Å². The minimum atomic E-state index is -0.579. The first-order valence-corrected chi connectivity index (χ1v) is 8.33. The fourth-order valence-corrected chi connectivity index (χ4v) is 2.73. The smallest absolute Gasteiger partial charge is 0.269 e. The lowest BCUT2D eigenvalue weighted by Gasteiger charge is -2.12. The Bertz CT molecular complexity index is 763. The minimum Gasteiger partial charge on any atom is -0.299 e. The van der Waals surface area contributed by atoms with Crippen molar-refractivity contribution in [1.29, 1.82) is 0 Å². The number of benzene rings is 2. The number of unbranched alkanes of at least 4 members (excludes halogenated alkanes) is 1. The zero-order valence-corrected chi connectivity index (χ0v) is 14.4. The van der Waals surface area contributed by atoms with Gasteiger partial charge in [-0.2, -0.15) is 0 Å². The molecule has 0 bridgehead atoms.